The smallest absolute Gasteiger partial charge is 0.257 e. The number of ether oxygens (including phenoxy) is 1. The summed E-state index contributed by atoms with van der Waals surface area (Å²) < 4.78 is 7.03. The summed E-state index contributed by atoms with van der Waals surface area (Å²) in [5, 5.41) is 4.33. The minimum absolute atomic E-state index is 0.0234. The van der Waals surface area contributed by atoms with Crippen molar-refractivity contribution in [3.63, 3.8) is 0 Å². The topological polar surface area (TPSA) is 76.4 Å². The lowest BCUT2D eigenvalue weighted by Gasteiger charge is -2.34. The molecule has 1 aliphatic heterocycles. The van der Waals surface area contributed by atoms with Crippen LogP contribution in [0.1, 0.15) is 10.4 Å². The van der Waals surface area contributed by atoms with Crippen LogP contribution in [0.4, 0.5) is 5.95 Å². The number of anilines is 1. The van der Waals surface area contributed by atoms with Crippen LogP contribution in [0.15, 0.2) is 55.1 Å². The number of piperazine rings is 1. The maximum atomic E-state index is 12.8. The number of rotatable bonds is 4. The van der Waals surface area contributed by atoms with Gasteiger partial charge >= 0.3 is 0 Å². The molecule has 3 heterocycles. The average Bonchev–Trinajstić information content (AvgIpc) is 3.24. The van der Waals surface area contributed by atoms with Crippen molar-refractivity contribution in [2.45, 2.75) is 0 Å². The second kappa shape index (κ2) is 7.45. The molecule has 8 nitrogen and oxygen atoms in total. The normalized spacial score (nSPS) is 14.3. The monoisotopic (exact) mass is 364 g/mol. The summed E-state index contributed by atoms with van der Waals surface area (Å²) in [4.78, 5) is 25.3. The zero-order valence-electron chi connectivity index (χ0n) is 15.0. The minimum atomic E-state index is -0.0234. The van der Waals surface area contributed by atoms with E-state index in [9.17, 15) is 4.79 Å². The van der Waals surface area contributed by atoms with Crippen LogP contribution in [0.5, 0.6) is 5.75 Å². The Labute approximate surface area is 157 Å². The average molecular weight is 364 g/mol. The van der Waals surface area contributed by atoms with Gasteiger partial charge in [0.15, 0.2) is 0 Å². The van der Waals surface area contributed by atoms with E-state index in [1.165, 1.54) is 0 Å². The van der Waals surface area contributed by atoms with Crippen molar-refractivity contribution in [1.29, 1.82) is 0 Å². The Morgan fingerprint density at radius 3 is 2.52 bits per heavy atom. The first-order valence-electron chi connectivity index (χ1n) is 8.75. The summed E-state index contributed by atoms with van der Waals surface area (Å²) in [5.74, 6) is 1.38. The first kappa shape index (κ1) is 17.0. The Bertz CT molecular complexity index is 919. The third-order valence-corrected chi connectivity index (χ3v) is 4.56. The van der Waals surface area contributed by atoms with Gasteiger partial charge in [-0.05, 0) is 18.2 Å². The minimum Gasteiger partial charge on any atom is -0.494 e. The van der Waals surface area contributed by atoms with E-state index < -0.39 is 0 Å². The number of carbonyl (C=O) groups excluding carboxylic acids is 1. The summed E-state index contributed by atoms with van der Waals surface area (Å²) >= 11 is 0. The second-order valence-electron chi connectivity index (χ2n) is 6.17. The van der Waals surface area contributed by atoms with Gasteiger partial charge in [-0.15, -0.1) is 0 Å². The van der Waals surface area contributed by atoms with Crippen LogP contribution in [-0.2, 0) is 0 Å². The molecular formula is C19H20N6O2. The van der Waals surface area contributed by atoms with Gasteiger partial charge in [0.2, 0.25) is 5.95 Å². The fourth-order valence-electron chi connectivity index (χ4n) is 3.13. The van der Waals surface area contributed by atoms with Crippen molar-refractivity contribution in [2.24, 2.45) is 0 Å². The zero-order valence-corrected chi connectivity index (χ0v) is 15.0. The second-order valence-corrected chi connectivity index (χ2v) is 6.17. The number of benzene rings is 1. The first-order valence-corrected chi connectivity index (χ1v) is 8.75. The van der Waals surface area contributed by atoms with Crippen LogP contribution in [0.2, 0.25) is 0 Å². The maximum absolute atomic E-state index is 12.8. The number of amides is 1. The fourth-order valence-corrected chi connectivity index (χ4v) is 3.13. The number of hydrogen-bond donors (Lipinski definition) is 0. The predicted octanol–water partition coefficient (Wildman–Crippen LogP) is 1.63. The van der Waals surface area contributed by atoms with Crippen molar-refractivity contribution < 1.29 is 9.53 Å². The van der Waals surface area contributed by atoms with Crippen LogP contribution >= 0.6 is 0 Å². The van der Waals surface area contributed by atoms with Crippen LogP contribution < -0.4 is 9.64 Å². The molecule has 0 spiro atoms. The number of hydrogen-bond acceptors (Lipinski definition) is 6. The van der Waals surface area contributed by atoms with E-state index in [0.717, 1.165) is 5.69 Å². The Hall–Kier alpha value is -3.42. The molecule has 1 amide bonds. The van der Waals surface area contributed by atoms with Crippen molar-refractivity contribution >= 4 is 11.9 Å². The predicted molar refractivity (Wildman–Crippen MR) is 100 cm³/mol. The first-order chi connectivity index (χ1) is 13.3. The molecule has 8 heteroatoms. The van der Waals surface area contributed by atoms with E-state index in [-0.39, 0.29) is 5.91 Å². The van der Waals surface area contributed by atoms with Gasteiger partial charge in [0.1, 0.15) is 11.4 Å². The van der Waals surface area contributed by atoms with Gasteiger partial charge in [-0.25, -0.2) is 14.6 Å². The Morgan fingerprint density at radius 2 is 1.78 bits per heavy atom. The summed E-state index contributed by atoms with van der Waals surface area (Å²) in [6.07, 6.45) is 6.80. The van der Waals surface area contributed by atoms with Gasteiger partial charge in [0.25, 0.3) is 5.91 Å². The van der Waals surface area contributed by atoms with Gasteiger partial charge in [0.05, 0.1) is 18.9 Å². The SMILES string of the molecule is COc1ccccc1-n1cc(C(=O)N2CCN(c3ncccn3)CC2)cn1. The number of methoxy groups -OCH3 is 1. The molecule has 2 aromatic heterocycles. The van der Waals surface area contributed by atoms with E-state index in [0.29, 0.717) is 43.4 Å². The van der Waals surface area contributed by atoms with Crippen LogP contribution in [0.25, 0.3) is 5.69 Å². The van der Waals surface area contributed by atoms with Gasteiger partial charge < -0.3 is 14.5 Å². The van der Waals surface area contributed by atoms with E-state index in [1.807, 2.05) is 29.2 Å². The molecule has 1 saturated heterocycles. The summed E-state index contributed by atoms with van der Waals surface area (Å²) in [7, 11) is 1.62. The Kier molecular flexibility index (Phi) is 4.69. The molecule has 1 fully saturated rings. The van der Waals surface area contributed by atoms with E-state index in [4.69, 9.17) is 4.74 Å². The van der Waals surface area contributed by atoms with E-state index in [1.54, 1.807) is 42.6 Å². The third-order valence-electron chi connectivity index (χ3n) is 4.56. The highest BCUT2D eigenvalue weighted by Gasteiger charge is 2.24. The van der Waals surface area contributed by atoms with Crippen molar-refractivity contribution in [2.75, 3.05) is 38.2 Å². The number of aromatic nitrogens is 4. The molecular weight excluding hydrogens is 344 g/mol. The molecule has 0 unspecified atom stereocenters. The lowest BCUT2D eigenvalue weighted by Crippen LogP contribution is -2.49. The standard InChI is InChI=1S/C19H20N6O2/c1-27-17-6-3-2-5-16(17)25-14-15(13-22-25)18(26)23-9-11-24(12-10-23)19-20-7-4-8-21-19/h2-8,13-14H,9-12H2,1H3. The number of nitrogens with zero attached hydrogens (tertiary/aromatic N) is 6. The lowest BCUT2D eigenvalue weighted by molar-refractivity contribution is 0.0746. The van der Waals surface area contributed by atoms with Gasteiger partial charge in [-0.2, -0.15) is 5.10 Å². The number of para-hydroxylation sites is 2. The van der Waals surface area contributed by atoms with Crippen molar-refractivity contribution in [3.05, 3.63) is 60.7 Å². The lowest BCUT2D eigenvalue weighted by atomic mass is 10.2. The molecule has 0 bridgehead atoms. The van der Waals surface area contributed by atoms with Crippen molar-refractivity contribution in [1.82, 2.24) is 24.6 Å². The van der Waals surface area contributed by atoms with E-state index >= 15 is 0 Å². The number of carbonyl (C=O) groups is 1. The fraction of sp³-hybridized carbons (Fsp3) is 0.263. The van der Waals surface area contributed by atoms with Crippen LogP contribution in [-0.4, -0.2) is 63.8 Å². The molecule has 0 atom stereocenters. The molecule has 27 heavy (non-hydrogen) atoms. The van der Waals surface area contributed by atoms with Gasteiger partial charge in [0, 0.05) is 44.8 Å². The Balaban J connectivity index is 1.45. The third kappa shape index (κ3) is 3.46. The van der Waals surface area contributed by atoms with Gasteiger partial charge in [-0.1, -0.05) is 12.1 Å². The molecule has 4 rings (SSSR count). The van der Waals surface area contributed by atoms with Gasteiger partial charge in [-0.3, -0.25) is 4.79 Å². The largest absolute Gasteiger partial charge is 0.494 e. The molecule has 0 radical (unpaired) electrons. The molecule has 138 valence electrons. The van der Waals surface area contributed by atoms with Crippen molar-refractivity contribution in [3.8, 4) is 11.4 Å². The molecule has 0 N–H and O–H groups in total. The van der Waals surface area contributed by atoms with Crippen LogP contribution in [0.3, 0.4) is 0 Å². The maximum Gasteiger partial charge on any atom is 0.257 e. The summed E-state index contributed by atoms with van der Waals surface area (Å²) in [6.45, 7) is 2.65. The molecule has 1 aromatic carbocycles. The highest BCUT2D eigenvalue weighted by molar-refractivity contribution is 5.94. The van der Waals surface area contributed by atoms with Crippen LogP contribution in [0, 0.1) is 0 Å². The highest BCUT2D eigenvalue weighted by Crippen LogP contribution is 2.22. The zero-order chi connectivity index (χ0) is 18.6. The Morgan fingerprint density at radius 1 is 1.04 bits per heavy atom. The quantitative estimate of drug-likeness (QED) is 0.700. The molecule has 1 aliphatic rings. The van der Waals surface area contributed by atoms with E-state index in [2.05, 4.69) is 20.0 Å². The molecule has 0 aliphatic carbocycles. The summed E-state index contributed by atoms with van der Waals surface area (Å²) in [6, 6.07) is 9.37. The molecule has 0 saturated carbocycles. The molecule has 3 aromatic rings. The summed E-state index contributed by atoms with van der Waals surface area (Å²) in [5.41, 5.74) is 1.36. The highest BCUT2D eigenvalue weighted by atomic mass is 16.5.